The number of carbonyl (C=O) groups excluding carboxylic acids is 1. The lowest BCUT2D eigenvalue weighted by Gasteiger charge is -2.09. The van der Waals surface area contributed by atoms with Gasteiger partial charge in [0.05, 0.1) is 22.0 Å². The van der Waals surface area contributed by atoms with Crippen molar-refractivity contribution in [3.05, 3.63) is 22.7 Å². The average Bonchev–Trinajstić information content (AvgIpc) is 2.04. The highest BCUT2D eigenvalue weighted by molar-refractivity contribution is 6.35. The Morgan fingerprint density at radius 3 is 2.62 bits per heavy atom. The molecule has 4 heteroatoms. The molecular formula is C9H11ClN2O. The van der Waals surface area contributed by atoms with Crippen molar-refractivity contribution < 1.29 is 4.79 Å². The van der Waals surface area contributed by atoms with E-state index in [0.29, 0.717) is 16.3 Å². The van der Waals surface area contributed by atoms with Crippen LogP contribution in [0.5, 0.6) is 0 Å². The molecule has 0 spiro atoms. The third-order valence-corrected chi connectivity index (χ3v) is 2.13. The number of Topliss-reactive ketones (excluding diaryl/α,β-unsaturated/α-hetero) is 1. The van der Waals surface area contributed by atoms with E-state index in [1.54, 1.807) is 19.2 Å². The SMILES string of the molecule is CNc1ccc(Cl)c(C(C)=O)c1N. The molecular weight excluding hydrogens is 188 g/mol. The minimum Gasteiger partial charge on any atom is -0.396 e. The van der Waals surface area contributed by atoms with Gasteiger partial charge in [0.15, 0.2) is 5.78 Å². The fraction of sp³-hybridized carbons (Fsp3) is 0.222. The van der Waals surface area contributed by atoms with E-state index < -0.39 is 0 Å². The monoisotopic (exact) mass is 198 g/mol. The summed E-state index contributed by atoms with van der Waals surface area (Å²) >= 11 is 5.82. The van der Waals surface area contributed by atoms with Crippen LogP contribution in [-0.2, 0) is 0 Å². The first-order chi connectivity index (χ1) is 6.07. The number of hydrogen-bond acceptors (Lipinski definition) is 3. The minimum atomic E-state index is -0.125. The molecule has 0 atom stereocenters. The van der Waals surface area contributed by atoms with Crippen LogP contribution in [0.2, 0.25) is 5.02 Å². The molecule has 1 aromatic rings. The molecule has 0 fully saturated rings. The van der Waals surface area contributed by atoms with Gasteiger partial charge in [0, 0.05) is 7.05 Å². The molecule has 1 aromatic carbocycles. The van der Waals surface area contributed by atoms with Crippen molar-refractivity contribution >= 4 is 28.8 Å². The van der Waals surface area contributed by atoms with Crippen LogP contribution in [0.25, 0.3) is 0 Å². The summed E-state index contributed by atoms with van der Waals surface area (Å²) in [6.45, 7) is 1.44. The number of halogens is 1. The molecule has 0 bridgehead atoms. The van der Waals surface area contributed by atoms with Gasteiger partial charge in [-0.15, -0.1) is 0 Å². The highest BCUT2D eigenvalue weighted by Gasteiger charge is 2.12. The summed E-state index contributed by atoms with van der Waals surface area (Å²) in [5, 5.41) is 3.27. The molecule has 3 N–H and O–H groups in total. The van der Waals surface area contributed by atoms with Crippen molar-refractivity contribution in [2.45, 2.75) is 6.92 Å². The van der Waals surface area contributed by atoms with Crippen LogP contribution in [-0.4, -0.2) is 12.8 Å². The number of benzene rings is 1. The lowest BCUT2D eigenvalue weighted by Crippen LogP contribution is -2.04. The molecule has 70 valence electrons. The first-order valence-corrected chi connectivity index (χ1v) is 4.22. The molecule has 1 rings (SSSR count). The summed E-state index contributed by atoms with van der Waals surface area (Å²) in [6.07, 6.45) is 0. The molecule has 0 heterocycles. The second kappa shape index (κ2) is 3.66. The first kappa shape index (κ1) is 9.86. The maximum atomic E-state index is 11.2. The lowest BCUT2D eigenvalue weighted by molar-refractivity contribution is 0.101. The lowest BCUT2D eigenvalue weighted by atomic mass is 10.1. The maximum absolute atomic E-state index is 11.2. The molecule has 0 aliphatic heterocycles. The van der Waals surface area contributed by atoms with E-state index in [1.807, 2.05) is 0 Å². The highest BCUT2D eigenvalue weighted by atomic mass is 35.5. The van der Waals surface area contributed by atoms with Crippen LogP contribution in [0.4, 0.5) is 11.4 Å². The summed E-state index contributed by atoms with van der Waals surface area (Å²) < 4.78 is 0. The van der Waals surface area contributed by atoms with Gasteiger partial charge in [-0.3, -0.25) is 4.79 Å². The van der Waals surface area contributed by atoms with Crippen LogP contribution < -0.4 is 11.1 Å². The van der Waals surface area contributed by atoms with Gasteiger partial charge in [0.25, 0.3) is 0 Å². The number of nitrogens with one attached hydrogen (secondary N) is 1. The van der Waals surface area contributed by atoms with E-state index in [9.17, 15) is 4.79 Å². The molecule has 13 heavy (non-hydrogen) atoms. The molecule has 0 saturated heterocycles. The second-order valence-corrected chi connectivity index (χ2v) is 3.10. The third kappa shape index (κ3) is 1.75. The zero-order valence-corrected chi connectivity index (χ0v) is 8.27. The Morgan fingerprint density at radius 2 is 2.15 bits per heavy atom. The van der Waals surface area contributed by atoms with E-state index >= 15 is 0 Å². The zero-order valence-electron chi connectivity index (χ0n) is 7.52. The Kier molecular flexibility index (Phi) is 2.78. The van der Waals surface area contributed by atoms with Gasteiger partial charge in [-0.2, -0.15) is 0 Å². The second-order valence-electron chi connectivity index (χ2n) is 2.69. The molecule has 3 nitrogen and oxygen atoms in total. The Morgan fingerprint density at radius 1 is 1.54 bits per heavy atom. The Bertz CT molecular complexity index is 350. The van der Waals surface area contributed by atoms with Crippen molar-refractivity contribution in [1.29, 1.82) is 0 Å². The number of hydrogen-bond donors (Lipinski definition) is 2. The quantitative estimate of drug-likeness (QED) is 0.566. The van der Waals surface area contributed by atoms with Crippen LogP contribution in [0.15, 0.2) is 12.1 Å². The average molecular weight is 199 g/mol. The topological polar surface area (TPSA) is 55.1 Å². The van der Waals surface area contributed by atoms with E-state index in [2.05, 4.69) is 5.32 Å². The van der Waals surface area contributed by atoms with Crippen molar-refractivity contribution in [2.24, 2.45) is 0 Å². The van der Waals surface area contributed by atoms with Gasteiger partial charge < -0.3 is 11.1 Å². The van der Waals surface area contributed by atoms with Crippen molar-refractivity contribution in [2.75, 3.05) is 18.1 Å². The number of ketones is 1. The molecule has 0 aliphatic rings. The van der Waals surface area contributed by atoms with Gasteiger partial charge in [-0.1, -0.05) is 11.6 Å². The summed E-state index contributed by atoms with van der Waals surface area (Å²) in [4.78, 5) is 11.2. The summed E-state index contributed by atoms with van der Waals surface area (Å²) in [7, 11) is 1.74. The fourth-order valence-electron chi connectivity index (χ4n) is 1.17. The summed E-state index contributed by atoms with van der Waals surface area (Å²) in [5.74, 6) is -0.125. The summed E-state index contributed by atoms with van der Waals surface area (Å²) in [6, 6.07) is 3.39. The van der Waals surface area contributed by atoms with E-state index in [1.165, 1.54) is 6.92 Å². The van der Waals surface area contributed by atoms with E-state index in [4.69, 9.17) is 17.3 Å². The molecule has 0 amide bonds. The van der Waals surface area contributed by atoms with Crippen molar-refractivity contribution in [3.63, 3.8) is 0 Å². The zero-order chi connectivity index (χ0) is 10.0. The van der Waals surface area contributed by atoms with E-state index in [-0.39, 0.29) is 5.78 Å². The minimum absolute atomic E-state index is 0.125. The summed E-state index contributed by atoms with van der Waals surface area (Å²) in [5.41, 5.74) is 7.23. The molecule has 0 radical (unpaired) electrons. The smallest absolute Gasteiger partial charge is 0.163 e. The van der Waals surface area contributed by atoms with Crippen LogP contribution >= 0.6 is 11.6 Å². The van der Waals surface area contributed by atoms with Gasteiger partial charge in [-0.05, 0) is 19.1 Å². The Hall–Kier alpha value is -1.22. The first-order valence-electron chi connectivity index (χ1n) is 3.84. The number of nitrogens with two attached hydrogens (primary N) is 1. The van der Waals surface area contributed by atoms with E-state index in [0.717, 1.165) is 5.69 Å². The Balaban J connectivity index is 3.38. The fourth-order valence-corrected chi connectivity index (χ4v) is 1.47. The largest absolute Gasteiger partial charge is 0.396 e. The standard InChI is InChI=1S/C9H11ClN2O/c1-5(13)8-6(10)3-4-7(12-2)9(8)11/h3-4,12H,11H2,1-2H3. The van der Waals surface area contributed by atoms with Crippen LogP contribution in [0, 0.1) is 0 Å². The molecule has 0 aliphatic carbocycles. The molecule has 0 saturated carbocycles. The maximum Gasteiger partial charge on any atom is 0.163 e. The molecule has 0 unspecified atom stereocenters. The van der Waals surface area contributed by atoms with Gasteiger partial charge >= 0.3 is 0 Å². The van der Waals surface area contributed by atoms with Gasteiger partial charge in [0.2, 0.25) is 0 Å². The van der Waals surface area contributed by atoms with Crippen molar-refractivity contribution in [1.82, 2.24) is 0 Å². The van der Waals surface area contributed by atoms with Gasteiger partial charge in [0.1, 0.15) is 0 Å². The molecule has 0 aromatic heterocycles. The number of rotatable bonds is 2. The van der Waals surface area contributed by atoms with Crippen molar-refractivity contribution in [3.8, 4) is 0 Å². The number of anilines is 2. The normalized spacial score (nSPS) is 9.77. The number of carbonyl (C=O) groups is 1. The van der Waals surface area contributed by atoms with Crippen LogP contribution in [0.1, 0.15) is 17.3 Å². The predicted octanol–water partition coefficient (Wildman–Crippen LogP) is 2.17. The highest BCUT2D eigenvalue weighted by Crippen LogP contribution is 2.29. The Labute approximate surface area is 81.9 Å². The number of nitrogen functional groups attached to an aromatic ring is 1. The van der Waals surface area contributed by atoms with Gasteiger partial charge in [-0.25, -0.2) is 0 Å². The predicted molar refractivity (Wildman–Crippen MR) is 55.4 cm³/mol. The van der Waals surface area contributed by atoms with Crippen LogP contribution in [0.3, 0.4) is 0 Å². The third-order valence-electron chi connectivity index (χ3n) is 1.82.